The summed E-state index contributed by atoms with van der Waals surface area (Å²) in [5.41, 5.74) is 0. The molecule has 0 bridgehead atoms. The molecule has 14 heavy (non-hydrogen) atoms. The van der Waals surface area contributed by atoms with E-state index in [1.54, 1.807) is 0 Å². The number of ether oxygens (including phenoxy) is 1. The number of allylic oxidation sites excluding steroid dienone is 1. The van der Waals surface area contributed by atoms with Crippen LogP contribution in [-0.4, -0.2) is 25.8 Å². The Morgan fingerprint density at radius 2 is 1.93 bits per heavy atom. The van der Waals surface area contributed by atoms with E-state index in [0.717, 1.165) is 39.0 Å². The van der Waals surface area contributed by atoms with Crippen molar-refractivity contribution in [1.82, 2.24) is 5.32 Å². The van der Waals surface area contributed by atoms with Gasteiger partial charge >= 0.3 is 0 Å². The Labute approximate surface area is 88.0 Å². The summed E-state index contributed by atoms with van der Waals surface area (Å²) >= 11 is 0. The maximum absolute atomic E-state index is 5.38. The van der Waals surface area contributed by atoms with Crippen molar-refractivity contribution in [2.75, 3.05) is 19.8 Å². The van der Waals surface area contributed by atoms with E-state index in [-0.39, 0.29) is 0 Å². The molecule has 0 radical (unpaired) electrons. The van der Waals surface area contributed by atoms with E-state index in [9.17, 15) is 0 Å². The largest absolute Gasteiger partial charge is 0.380 e. The normalized spacial score (nSPS) is 12.4. The Hall–Kier alpha value is -0.600. The summed E-state index contributed by atoms with van der Waals surface area (Å²) in [5.74, 6) is 0. The molecule has 0 fully saturated rings. The summed E-state index contributed by atoms with van der Waals surface area (Å²) in [6, 6.07) is 0.552. The zero-order valence-corrected chi connectivity index (χ0v) is 9.30. The molecule has 0 amide bonds. The molecular formula is C12H23NO. The predicted octanol–water partition coefficient (Wildman–Crippen LogP) is 2.52. The van der Waals surface area contributed by atoms with Gasteiger partial charge in [-0.15, -0.1) is 13.2 Å². The molecule has 0 saturated heterocycles. The van der Waals surface area contributed by atoms with Gasteiger partial charge in [0.2, 0.25) is 0 Å². The van der Waals surface area contributed by atoms with Gasteiger partial charge in [-0.1, -0.05) is 12.2 Å². The predicted molar refractivity (Wildman–Crippen MR) is 62.5 cm³/mol. The zero-order valence-electron chi connectivity index (χ0n) is 9.30. The molecule has 2 nitrogen and oxygen atoms in total. The van der Waals surface area contributed by atoms with Crippen molar-refractivity contribution in [2.45, 2.75) is 32.2 Å². The molecule has 0 heterocycles. The molecule has 0 rings (SSSR count). The van der Waals surface area contributed by atoms with Crippen LogP contribution in [0.1, 0.15) is 26.2 Å². The topological polar surface area (TPSA) is 21.3 Å². The Morgan fingerprint density at radius 3 is 2.57 bits per heavy atom. The van der Waals surface area contributed by atoms with Gasteiger partial charge in [-0.25, -0.2) is 0 Å². The van der Waals surface area contributed by atoms with Crippen LogP contribution in [0.4, 0.5) is 0 Å². The van der Waals surface area contributed by atoms with Crippen molar-refractivity contribution in [1.29, 1.82) is 0 Å². The van der Waals surface area contributed by atoms with Crippen molar-refractivity contribution in [3.05, 3.63) is 25.3 Å². The van der Waals surface area contributed by atoms with Crippen LogP contribution in [0.3, 0.4) is 0 Å². The van der Waals surface area contributed by atoms with E-state index in [1.165, 1.54) is 0 Å². The van der Waals surface area contributed by atoms with E-state index in [1.807, 2.05) is 12.2 Å². The maximum Gasteiger partial charge on any atom is 0.0591 e. The van der Waals surface area contributed by atoms with E-state index >= 15 is 0 Å². The average Bonchev–Trinajstić information content (AvgIpc) is 2.20. The second-order valence-electron chi connectivity index (χ2n) is 3.41. The summed E-state index contributed by atoms with van der Waals surface area (Å²) in [5, 5.41) is 3.40. The van der Waals surface area contributed by atoms with Crippen molar-refractivity contribution < 1.29 is 4.74 Å². The molecule has 0 aromatic heterocycles. The Morgan fingerprint density at radius 1 is 1.21 bits per heavy atom. The lowest BCUT2D eigenvalue weighted by Crippen LogP contribution is -2.29. The van der Waals surface area contributed by atoms with Crippen LogP contribution >= 0.6 is 0 Å². The highest BCUT2D eigenvalue weighted by Crippen LogP contribution is 1.95. The van der Waals surface area contributed by atoms with Gasteiger partial charge in [0.1, 0.15) is 0 Å². The van der Waals surface area contributed by atoms with Crippen molar-refractivity contribution in [3.8, 4) is 0 Å². The lowest BCUT2D eigenvalue weighted by molar-refractivity contribution is 0.138. The highest BCUT2D eigenvalue weighted by molar-refractivity contribution is 4.70. The summed E-state index contributed by atoms with van der Waals surface area (Å²) in [4.78, 5) is 0. The summed E-state index contributed by atoms with van der Waals surface area (Å²) in [7, 11) is 0. The van der Waals surface area contributed by atoms with Gasteiger partial charge in [0.15, 0.2) is 0 Å². The van der Waals surface area contributed by atoms with Gasteiger partial charge in [0, 0.05) is 12.6 Å². The van der Waals surface area contributed by atoms with Gasteiger partial charge in [0.05, 0.1) is 13.2 Å². The fourth-order valence-electron chi connectivity index (χ4n) is 1.12. The summed E-state index contributed by atoms with van der Waals surface area (Å²) in [6.07, 6.45) is 6.99. The minimum absolute atomic E-state index is 0.552. The quantitative estimate of drug-likeness (QED) is 0.429. The molecule has 0 aromatic carbocycles. The molecule has 0 saturated carbocycles. The molecule has 1 atom stereocenters. The standard InChI is InChI=1S/C12H23NO/c1-4-6-8-12(3)13-9-11-14-10-7-5-2/h4-5,12-13H,1-2,6-11H2,3H3. The van der Waals surface area contributed by atoms with Crippen LogP contribution in [-0.2, 0) is 4.74 Å². The van der Waals surface area contributed by atoms with Crippen LogP contribution in [0.2, 0.25) is 0 Å². The third-order valence-electron chi connectivity index (χ3n) is 2.01. The third kappa shape index (κ3) is 9.49. The first-order chi connectivity index (χ1) is 6.81. The van der Waals surface area contributed by atoms with Crippen LogP contribution in [0, 0.1) is 0 Å². The first-order valence-electron chi connectivity index (χ1n) is 5.34. The van der Waals surface area contributed by atoms with Gasteiger partial charge < -0.3 is 10.1 Å². The molecule has 0 aliphatic carbocycles. The van der Waals surface area contributed by atoms with Gasteiger partial charge in [-0.2, -0.15) is 0 Å². The Bertz CT molecular complexity index is 145. The highest BCUT2D eigenvalue weighted by Gasteiger charge is 1.98. The van der Waals surface area contributed by atoms with Crippen molar-refractivity contribution in [2.24, 2.45) is 0 Å². The number of hydrogen-bond acceptors (Lipinski definition) is 2. The molecule has 0 aliphatic heterocycles. The average molecular weight is 197 g/mol. The molecule has 82 valence electrons. The van der Waals surface area contributed by atoms with E-state index in [2.05, 4.69) is 25.4 Å². The SMILES string of the molecule is C=CCCOCCNC(C)CCC=C. The number of nitrogens with one attached hydrogen (secondary N) is 1. The maximum atomic E-state index is 5.38. The molecule has 1 unspecified atom stereocenters. The summed E-state index contributed by atoms with van der Waals surface area (Å²) < 4.78 is 5.38. The molecule has 1 N–H and O–H groups in total. The Balaban J connectivity index is 3.09. The van der Waals surface area contributed by atoms with Crippen LogP contribution < -0.4 is 5.32 Å². The second kappa shape index (κ2) is 10.5. The van der Waals surface area contributed by atoms with Gasteiger partial charge in [0.25, 0.3) is 0 Å². The molecule has 0 aliphatic rings. The Kier molecular flexibility index (Phi) is 10.0. The van der Waals surface area contributed by atoms with Crippen molar-refractivity contribution in [3.63, 3.8) is 0 Å². The minimum atomic E-state index is 0.552. The number of hydrogen-bond donors (Lipinski definition) is 1. The highest BCUT2D eigenvalue weighted by atomic mass is 16.5. The van der Waals surface area contributed by atoms with Crippen LogP contribution in [0.25, 0.3) is 0 Å². The lowest BCUT2D eigenvalue weighted by Gasteiger charge is -2.12. The van der Waals surface area contributed by atoms with E-state index < -0.39 is 0 Å². The lowest BCUT2D eigenvalue weighted by atomic mass is 10.2. The summed E-state index contributed by atoms with van der Waals surface area (Å²) in [6.45, 7) is 12.0. The van der Waals surface area contributed by atoms with Gasteiger partial charge in [-0.05, 0) is 26.2 Å². The molecular weight excluding hydrogens is 174 g/mol. The molecule has 0 spiro atoms. The van der Waals surface area contributed by atoms with E-state index in [0.29, 0.717) is 6.04 Å². The third-order valence-corrected chi connectivity index (χ3v) is 2.01. The monoisotopic (exact) mass is 197 g/mol. The van der Waals surface area contributed by atoms with Gasteiger partial charge in [-0.3, -0.25) is 0 Å². The van der Waals surface area contributed by atoms with Crippen molar-refractivity contribution >= 4 is 0 Å². The smallest absolute Gasteiger partial charge is 0.0591 e. The van der Waals surface area contributed by atoms with Crippen LogP contribution in [0.15, 0.2) is 25.3 Å². The zero-order chi connectivity index (χ0) is 10.6. The molecule has 0 aromatic rings. The fraction of sp³-hybridized carbons (Fsp3) is 0.667. The minimum Gasteiger partial charge on any atom is -0.380 e. The van der Waals surface area contributed by atoms with E-state index in [4.69, 9.17) is 4.74 Å². The second-order valence-corrected chi connectivity index (χ2v) is 3.41. The number of rotatable bonds is 10. The first-order valence-corrected chi connectivity index (χ1v) is 5.34. The molecule has 2 heteroatoms. The first kappa shape index (κ1) is 13.4. The van der Waals surface area contributed by atoms with Crippen LogP contribution in [0.5, 0.6) is 0 Å². The fourth-order valence-corrected chi connectivity index (χ4v) is 1.12.